The van der Waals surface area contributed by atoms with Gasteiger partial charge in [0, 0.05) is 11.1 Å². The highest BCUT2D eigenvalue weighted by Crippen LogP contribution is 2.45. The van der Waals surface area contributed by atoms with E-state index >= 15 is 0 Å². The molecule has 0 saturated carbocycles. The quantitative estimate of drug-likeness (QED) is 0.791. The van der Waals surface area contributed by atoms with Crippen molar-refractivity contribution in [3.63, 3.8) is 0 Å². The van der Waals surface area contributed by atoms with Gasteiger partial charge in [-0.1, -0.05) is 6.07 Å². The molecule has 2 aromatic carbocycles. The van der Waals surface area contributed by atoms with E-state index in [0.29, 0.717) is 36.0 Å². The molecule has 3 rings (SSSR count). The van der Waals surface area contributed by atoms with Crippen molar-refractivity contribution >= 4 is 5.97 Å². The molecule has 23 heavy (non-hydrogen) atoms. The molecule has 0 N–H and O–H groups in total. The molecule has 0 spiro atoms. The van der Waals surface area contributed by atoms with Crippen LogP contribution in [-0.2, 0) is 11.3 Å². The van der Waals surface area contributed by atoms with Crippen molar-refractivity contribution in [3.8, 4) is 28.4 Å². The zero-order chi connectivity index (χ0) is 16.4. The van der Waals surface area contributed by atoms with Gasteiger partial charge >= 0.3 is 5.97 Å². The molecule has 2 aromatic rings. The Morgan fingerprint density at radius 3 is 2.52 bits per heavy atom. The summed E-state index contributed by atoms with van der Waals surface area (Å²) in [6.45, 7) is 2.71. The first-order valence-corrected chi connectivity index (χ1v) is 7.37. The number of hydrogen-bond donors (Lipinski definition) is 0. The third kappa shape index (κ3) is 2.59. The molecule has 0 amide bonds. The van der Waals surface area contributed by atoms with Gasteiger partial charge in [-0.3, -0.25) is 0 Å². The Hall–Kier alpha value is -2.69. The highest BCUT2D eigenvalue weighted by Gasteiger charge is 2.23. The summed E-state index contributed by atoms with van der Waals surface area (Å²) in [4.78, 5) is 11.6. The van der Waals surface area contributed by atoms with E-state index in [1.807, 2.05) is 31.2 Å². The lowest BCUT2D eigenvalue weighted by molar-refractivity contribution is 0.0535. The van der Waals surface area contributed by atoms with Crippen LogP contribution < -0.4 is 14.2 Å². The molecule has 0 aliphatic carbocycles. The summed E-state index contributed by atoms with van der Waals surface area (Å²) in [5.41, 5.74) is 3.30. The summed E-state index contributed by atoms with van der Waals surface area (Å²) < 4.78 is 21.7. The minimum Gasteiger partial charge on any atom is -0.493 e. The lowest BCUT2D eigenvalue weighted by Crippen LogP contribution is -2.00. The number of ether oxygens (including phenoxy) is 4. The van der Waals surface area contributed by atoms with Gasteiger partial charge in [0.1, 0.15) is 6.61 Å². The predicted octanol–water partition coefficient (Wildman–Crippen LogP) is 3.44. The van der Waals surface area contributed by atoms with E-state index in [2.05, 4.69) is 0 Å². The van der Waals surface area contributed by atoms with Crippen LogP contribution in [0.5, 0.6) is 17.2 Å². The number of benzene rings is 2. The Bertz CT molecular complexity index is 751. The molecule has 0 radical (unpaired) electrons. The maximum absolute atomic E-state index is 11.6. The third-order valence-electron chi connectivity index (χ3n) is 3.78. The van der Waals surface area contributed by atoms with Crippen LogP contribution in [0.4, 0.5) is 0 Å². The van der Waals surface area contributed by atoms with Crippen LogP contribution in [0.15, 0.2) is 30.3 Å². The highest BCUT2D eigenvalue weighted by atomic mass is 16.5. The van der Waals surface area contributed by atoms with E-state index in [0.717, 1.165) is 16.7 Å². The molecule has 1 aliphatic heterocycles. The lowest BCUT2D eigenvalue weighted by Gasteiger charge is -2.17. The average Bonchev–Trinajstić information content (AvgIpc) is 2.95. The maximum atomic E-state index is 11.6. The number of carbonyl (C=O) groups is 1. The van der Waals surface area contributed by atoms with Crippen LogP contribution in [0.3, 0.4) is 0 Å². The summed E-state index contributed by atoms with van der Waals surface area (Å²) in [6.07, 6.45) is 0. The van der Waals surface area contributed by atoms with Gasteiger partial charge in [-0.2, -0.15) is 0 Å². The molecule has 5 heteroatoms. The van der Waals surface area contributed by atoms with Crippen molar-refractivity contribution in [1.29, 1.82) is 0 Å². The Morgan fingerprint density at radius 1 is 1.04 bits per heavy atom. The zero-order valence-corrected chi connectivity index (χ0v) is 13.3. The van der Waals surface area contributed by atoms with E-state index in [-0.39, 0.29) is 5.97 Å². The number of fused-ring (bicyclic) bond motifs is 1. The van der Waals surface area contributed by atoms with E-state index in [1.54, 1.807) is 20.3 Å². The van der Waals surface area contributed by atoms with Crippen molar-refractivity contribution in [3.05, 3.63) is 41.5 Å². The van der Waals surface area contributed by atoms with Crippen molar-refractivity contribution < 1.29 is 23.7 Å². The molecule has 0 atom stereocenters. The SMILES string of the molecule is CCOc1c(OC)ccc(-c2ccc3c(c2)COC3=O)c1OC. The van der Waals surface area contributed by atoms with E-state index in [4.69, 9.17) is 18.9 Å². The number of hydrogen-bond acceptors (Lipinski definition) is 5. The fourth-order valence-electron chi connectivity index (χ4n) is 2.72. The van der Waals surface area contributed by atoms with Gasteiger partial charge in [-0.25, -0.2) is 4.79 Å². The molecular formula is C18H18O5. The van der Waals surface area contributed by atoms with Gasteiger partial charge in [0.2, 0.25) is 5.75 Å². The lowest BCUT2D eigenvalue weighted by atomic mass is 9.99. The fraction of sp³-hybridized carbons (Fsp3) is 0.278. The molecular weight excluding hydrogens is 296 g/mol. The molecule has 0 unspecified atom stereocenters. The van der Waals surface area contributed by atoms with E-state index in [9.17, 15) is 4.79 Å². The average molecular weight is 314 g/mol. The smallest absolute Gasteiger partial charge is 0.338 e. The van der Waals surface area contributed by atoms with Crippen LogP contribution in [-0.4, -0.2) is 26.8 Å². The highest BCUT2D eigenvalue weighted by molar-refractivity contribution is 5.94. The second kappa shape index (κ2) is 6.20. The van der Waals surface area contributed by atoms with Crippen molar-refractivity contribution in [2.75, 3.05) is 20.8 Å². The number of carbonyl (C=O) groups excluding carboxylic acids is 1. The topological polar surface area (TPSA) is 54.0 Å². The minimum atomic E-state index is -0.275. The van der Waals surface area contributed by atoms with Crippen LogP contribution in [0.25, 0.3) is 11.1 Å². The van der Waals surface area contributed by atoms with Crippen LogP contribution in [0, 0.1) is 0 Å². The van der Waals surface area contributed by atoms with Gasteiger partial charge in [0.25, 0.3) is 0 Å². The molecule has 5 nitrogen and oxygen atoms in total. The largest absolute Gasteiger partial charge is 0.493 e. The molecule has 120 valence electrons. The minimum absolute atomic E-state index is 0.275. The molecule has 0 saturated heterocycles. The standard InChI is InChI=1S/C18H18O5/c1-4-22-17-15(20-2)8-7-13(16(17)21-3)11-5-6-14-12(9-11)10-23-18(14)19/h5-9H,4,10H2,1-3H3. The Kier molecular flexibility index (Phi) is 4.10. The van der Waals surface area contributed by atoms with E-state index < -0.39 is 0 Å². The Balaban J connectivity index is 2.13. The number of rotatable bonds is 5. The first-order valence-electron chi connectivity index (χ1n) is 7.37. The summed E-state index contributed by atoms with van der Waals surface area (Å²) in [6, 6.07) is 9.37. The second-order valence-electron chi connectivity index (χ2n) is 5.06. The number of methoxy groups -OCH3 is 2. The molecule has 0 aromatic heterocycles. The van der Waals surface area contributed by atoms with Gasteiger partial charge in [0.05, 0.1) is 26.4 Å². The number of cyclic esters (lactones) is 1. The van der Waals surface area contributed by atoms with Crippen LogP contribution in [0.2, 0.25) is 0 Å². The van der Waals surface area contributed by atoms with Crippen molar-refractivity contribution in [2.45, 2.75) is 13.5 Å². The molecule has 0 fully saturated rings. The predicted molar refractivity (Wildman–Crippen MR) is 85.3 cm³/mol. The summed E-state index contributed by atoms with van der Waals surface area (Å²) in [5.74, 6) is 1.52. The van der Waals surface area contributed by atoms with Crippen molar-refractivity contribution in [2.24, 2.45) is 0 Å². The van der Waals surface area contributed by atoms with Gasteiger partial charge in [-0.05, 0) is 36.8 Å². The Labute approximate surface area is 134 Å². The van der Waals surface area contributed by atoms with Gasteiger partial charge < -0.3 is 18.9 Å². The fourth-order valence-corrected chi connectivity index (χ4v) is 2.72. The molecule has 1 heterocycles. The monoisotopic (exact) mass is 314 g/mol. The zero-order valence-electron chi connectivity index (χ0n) is 13.3. The first kappa shape index (κ1) is 15.2. The van der Waals surface area contributed by atoms with Crippen molar-refractivity contribution in [1.82, 2.24) is 0 Å². The van der Waals surface area contributed by atoms with Gasteiger partial charge in [0.15, 0.2) is 11.5 Å². The number of esters is 1. The van der Waals surface area contributed by atoms with Crippen LogP contribution in [0.1, 0.15) is 22.8 Å². The van der Waals surface area contributed by atoms with E-state index in [1.165, 1.54) is 0 Å². The summed E-state index contributed by atoms with van der Waals surface area (Å²) >= 11 is 0. The third-order valence-corrected chi connectivity index (χ3v) is 3.78. The maximum Gasteiger partial charge on any atom is 0.338 e. The molecule has 0 bridgehead atoms. The van der Waals surface area contributed by atoms with Gasteiger partial charge in [-0.15, -0.1) is 0 Å². The summed E-state index contributed by atoms with van der Waals surface area (Å²) in [5, 5.41) is 0. The normalized spacial score (nSPS) is 12.6. The first-order chi connectivity index (χ1) is 11.2. The second-order valence-corrected chi connectivity index (χ2v) is 5.06. The Morgan fingerprint density at radius 2 is 1.83 bits per heavy atom. The summed E-state index contributed by atoms with van der Waals surface area (Å²) in [7, 11) is 3.19. The molecule has 1 aliphatic rings. The van der Waals surface area contributed by atoms with Crippen LogP contribution >= 0.6 is 0 Å².